The lowest BCUT2D eigenvalue weighted by Crippen LogP contribution is -2.50. The van der Waals surface area contributed by atoms with Gasteiger partial charge in [-0.1, -0.05) is 18.2 Å². The highest BCUT2D eigenvalue weighted by molar-refractivity contribution is 5.96. The third-order valence-electron chi connectivity index (χ3n) is 4.30. The first-order valence-corrected chi connectivity index (χ1v) is 7.73. The van der Waals surface area contributed by atoms with E-state index in [2.05, 4.69) is 0 Å². The first kappa shape index (κ1) is 16.5. The predicted octanol–water partition coefficient (Wildman–Crippen LogP) is 1.38. The van der Waals surface area contributed by atoms with Crippen LogP contribution in [0.2, 0.25) is 0 Å². The number of aliphatic hydroxyl groups is 1. The van der Waals surface area contributed by atoms with Crippen LogP contribution in [0.25, 0.3) is 0 Å². The highest BCUT2D eigenvalue weighted by Crippen LogP contribution is 2.21. The molecule has 1 saturated heterocycles. The Morgan fingerprint density at radius 3 is 2.59 bits per heavy atom. The molecule has 2 amide bonds. The monoisotopic (exact) mass is 304 g/mol. The van der Waals surface area contributed by atoms with E-state index in [0.29, 0.717) is 12.1 Å². The zero-order valence-corrected chi connectivity index (χ0v) is 13.2. The van der Waals surface area contributed by atoms with Crippen molar-refractivity contribution in [3.63, 3.8) is 0 Å². The topological polar surface area (TPSA) is 60.9 Å². The van der Waals surface area contributed by atoms with Gasteiger partial charge >= 0.3 is 0 Å². The number of likely N-dealkylation sites (tertiary alicyclic amines) is 1. The summed E-state index contributed by atoms with van der Waals surface area (Å²) in [5.74, 6) is -0.0648. The largest absolute Gasteiger partial charge is 0.396 e. The van der Waals surface area contributed by atoms with E-state index in [9.17, 15) is 14.7 Å². The molecule has 1 N–H and O–H groups in total. The van der Waals surface area contributed by atoms with Crippen molar-refractivity contribution in [3.05, 3.63) is 35.9 Å². The minimum Gasteiger partial charge on any atom is -0.396 e. The molecule has 1 aromatic rings. The molecule has 0 aromatic heterocycles. The lowest BCUT2D eigenvalue weighted by Gasteiger charge is -2.38. The van der Waals surface area contributed by atoms with Gasteiger partial charge in [-0.15, -0.1) is 0 Å². The van der Waals surface area contributed by atoms with Crippen molar-refractivity contribution in [2.24, 2.45) is 5.92 Å². The van der Waals surface area contributed by atoms with Gasteiger partial charge in [0.15, 0.2) is 0 Å². The van der Waals surface area contributed by atoms with Crippen molar-refractivity contribution in [1.29, 1.82) is 0 Å². The number of hydrogen-bond donors (Lipinski definition) is 1. The molecule has 22 heavy (non-hydrogen) atoms. The maximum absolute atomic E-state index is 12.5. The summed E-state index contributed by atoms with van der Waals surface area (Å²) in [6.07, 6.45) is 1.84. The number of aliphatic hydroxyl groups excluding tert-OH is 1. The van der Waals surface area contributed by atoms with Crippen molar-refractivity contribution in [3.8, 4) is 0 Å². The second-order valence-electron chi connectivity index (χ2n) is 6.05. The highest BCUT2D eigenvalue weighted by atomic mass is 16.3. The molecular formula is C17H24N2O3. The average molecular weight is 304 g/mol. The molecule has 0 saturated carbocycles. The van der Waals surface area contributed by atoms with Gasteiger partial charge in [0.2, 0.25) is 5.91 Å². The molecule has 0 bridgehead atoms. The van der Waals surface area contributed by atoms with E-state index in [-0.39, 0.29) is 36.9 Å². The Labute approximate surface area is 131 Å². The SMILES string of the molecule is CC1CCC(CO)CN1C(=O)CN(C)C(=O)c1ccccc1. The summed E-state index contributed by atoms with van der Waals surface area (Å²) in [7, 11) is 1.64. The molecule has 1 heterocycles. The first-order valence-electron chi connectivity index (χ1n) is 7.73. The van der Waals surface area contributed by atoms with Crippen LogP contribution in [0, 0.1) is 5.92 Å². The van der Waals surface area contributed by atoms with Crippen molar-refractivity contribution >= 4 is 11.8 Å². The van der Waals surface area contributed by atoms with E-state index < -0.39 is 0 Å². The molecule has 0 aliphatic carbocycles. The Kier molecular flexibility index (Phi) is 5.55. The van der Waals surface area contributed by atoms with Gasteiger partial charge in [-0.05, 0) is 37.8 Å². The number of carbonyl (C=O) groups excluding carboxylic acids is 2. The van der Waals surface area contributed by atoms with Crippen LogP contribution in [-0.2, 0) is 4.79 Å². The number of piperidine rings is 1. The van der Waals surface area contributed by atoms with E-state index in [1.54, 1.807) is 36.2 Å². The second-order valence-corrected chi connectivity index (χ2v) is 6.05. The quantitative estimate of drug-likeness (QED) is 0.914. The Balaban J connectivity index is 1.97. The van der Waals surface area contributed by atoms with Crippen molar-refractivity contribution < 1.29 is 14.7 Å². The van der Waals surface area contributed by atoms with Gasteiger partial charge in [0.05, 0.1) is 6.54 Å². The lowest BCUT2D eigenvalue weighted by molar-refractivity contribution is -0.136. The lowest BCUT2D eigenvalue weighted by atomic mass is 9.94. The predicted molar refractivity (Wildman–Crippen MR) is 84.4 cm³/mol. The van der Waals surface area contributed by atoms with Crippen molar-refractivity contribution in [2.45, 2.75) is 25.8 Å². The molecule has 1 fully saturated rings. The maximum atomic E-state index is 12.5. The van der Waals surface area contributed by atoms with Gasteiger partial charge in [0.25, 0.3) is 5.91 Å². The number of carbonyl (C=O) groups is 2. The van der Waals surface area contributed by atoms with Crippen LogP contribution >= 0.6 is 0 Å². The van der Waals surface area contributed by atoms with Crippen LogP contribution in [-0.4, -0.2) is 59.5 Å². The van der Waals surface area contributed by atoms with E-state index in [1.807, 2.05) is 13.0 Å². The zero-order valence-electron chi connectivity index (χ0n) is 13.2. The van der Waals surface area contributed by atoms with Crippen molar-refractivity contribution in [2.75, 3.05) is 26.7 Å². The fourth-order valence-corrected chi connectivity index (χ4v) is 2.85. The maximum Gasteiger partial charge on any atom is 0.254 e. The Morgan fingerprint density at radius 1 is 1.27 bits per heavy atom. The van der Waals surface area contributed by atoms with Crippen LogP contribution < -0.4 is 0 Å². The van der Waals surface area contributed by atoms with Crippen LogP contribution in [0.5, 0.6) is 0 Å². The van der Waals surface area contributed by atoms with E-state index >= 15 is 0 Å². The van der Waals surface area contributed by atoms with Crippen LogP contribution in [0.15, 0.2) is 30.3 Å². The highest BCUT2D eigenvalue weighted by Gasteiger charge is 2.29. The molecule has 2 unspecified atom stereocenters. The molecule has 2 atom stereocenters. The number of amides is 2. The van der Waals surface area contributed by atoms with Gasteiger partial charge in [-0.25, -0.2) is 0 Å². The summed E-state index contributed by atoms with van der Waals surface area (Å²) < 4.78 is 0. The molecule has 2 rings (SSSR count). The summed E-state index contributed by atoms with van der Waals surface area (Å²) in [5, 5.41) is 9.29. The fourth-order valence-electron chi connectivity index (χ4n) is 2.85. The van der Waals surface area contributed by atoms with Gasteiger partial charge in [0, 0.05) is 31.8 Å². The first-order chi connectivity index (χ1) is 10.5. The van der Waals surface area contributed by atoms with Gasteiger partial charge < -0.3 is 14.9 Å². The summed E-state index contributed by atoms with van der Waals surface area (Å²) in [6.45, 7) is 2.76. The molecule has 0 radical (unpaired) electrons. The summed E-state index contributed by atoms with van der Waals surface area (Å²) in [5.41, 5.74) is 0.581. The summed E-state index contributed by atoms with van der Waals surface area (Å²) in [4.78, 5) is 28.0. The molecule has 5 nitrogen and oxygen atoms in total. The summed E-state index contributed by atoms with van der Waals surface area (Å²) in [6, 6.07) is 9.12. The normalized spacial score (nSPS) is 21.5. The number of hydrogen-bond acceptors (Lipinski definition) is 3. The van der Waals surface area contributed by atoms with Gasteiger partial charge in [-0.3, -0.25) is 9.59 Å². The number of nitrogens with zero attached hydrogens (tertiary/aromatic N) is 2. The van der Waals surface area contributed by atoms with E-state index in [1.165, 1.54) is 4.90 Å². The van der Waals surface area contributed by atoms with Crippen LogP contribution in [0.3, 0.4) is 0 Å². The van der Waals surface area contributed by atoms with E-state index in [0.717, 1.165) is 12.8 Å². The third kappa shape index (κ3) is 3.85. The number of rotatable bonds is 4. The molecular weight excluding hydrogens is 280 g/mol. The van der Waals surface area contributed by atoms with E-state index in [4.69, 9.17) is 0 Å². The Morgan fingerprint density at radius 2 is 1.95 bits per heavy atom. The molecule has 5 heteroatoms. The standard InChI is InChI=1S/C17H24N2O3/c1-13-8-9-14(12-20)10-19(13)16(21)11-18(2)17(22)15-6-4-3-5-7-15/h3-7,13-14,20H,8-12H2,1-2H3. The summed E-state index contributed by atoms with van der Waals surface area (Å²) >= 11 is 0. The van der Waals surface area contributed by atoms with Crippen molar-refractivity contribution in [1.82, 2.24) is 9.80 Å². The molecule has 1 aromatic carbocycles. The van der Waals surface area contributed by atoms with Gasteiger partial charge in [0.1, 0.15) is 0 Å². The third-order valence-corrected chi connectivity index (χ3v) is 4.30. The number of likely N-dealkylation sites (N-methyl/N-ethyl adjacent to an activating group) is 1. The Hall–Kier alpha value is -1.88. The average Bonchev–Trinajstić information content (AvgIpc) is 2.55. The molecule has 1 aliphatic heterocycles. The van der Waals surface area contributed by atoms with Crippen LogP contribution in [0.4, 0.5) is 0 Å². The molecule has 1 aliphatic rings. The number of benzene rings is 1. The minimum absolute atomic E-state index is 0.0579. The van der Waals surface area contributed by atoms with Gasteiger partial charge in [-0.2, -0.15) is 0 Å². The fraction of sp³-hybridized carbons (Fsp3) is 0.529. The second kappa shape index (κ2) is 7.40. The zero-order chi connectivity index (χ0) is 16.1. The smallest absolute Gasteiger partial charge is 0.254 e. The minimum atomic E-state index is -0.155. The molecule has 120 valence electrons. The van der Waals surface area contributed by atoms with Crippen LogP contribution in [0.1, 0.15) is 30.1 Å². The molecule has 0 spiro atoms. The Bertz CT molecular complexity index is 518.